The van der Waals surface area contributed by atoms with Crippen LogP contribution in [-0.2, 0) is 19.6 Å². The van der Waals surface area contributed by atoms with Gasteiger partial charge in [-0.3, -0.25) is 4.79 Å². The topological polar surface area (TPSA) is 75.7 Å². The van der Waals surface area contributed by atoms with E-state index in [0.717, 1.165) is 16.4 Å². The predicted molar refractivity (Wildman–Crippen MR) is 84.0 cm³/mol. The van der Waals surface area contributed by atoms with Crippen LogP contribution in [0.25, 0.3) is 0 Å². The third kappa shape index (κ3) is 4.08. The van der Waals surface area contributed by atoms with Gasteiger partial charge in [0, 0.05) is 32.3 Å². The average Bonchev–Trinajstić information content (AvgIpc) is 2.95. The van der Waals surface area contributed by atoms with Crippen molar-refractivity contribution in [1.29, 1.82) is 0 Å². The van der Waals surface area contributed by atoms with E-state index in [0.29, 0.717) is 19.6 Å². The molecular weight excluding hydrogens is 342 g/mol. The third-order valence-corrected chi connectivity index (χ3v) is 5.75. The van der Waals surface area contributed by atoms with Gasteiger partial charge in [0.15, 0.2) is 4.90 Å². The number of rotatable bonds is 6. The summed E-state index contributed by atoms with van der Waals surface area (Å²) in [5.74, 6) is -2.98. The quantitative estimate of drug-likeness (QED) is 0.840. The van der Waals surface area contributed by atoms with Crippen molar-refractivity contribution in [3.05, 3.63) is 23.8 Å². The van der Waals surface area contributed by atoms with Crippen molar-refractivity contribution in [3.63, 3.8) is 0 Å². The molecule has 1 aromatic carbocycles. The molecule has 0 bridgehead atoms. The number of hydrogen-bond acceptors (Lipinski definition) is 4. The molecule has 1 aliphatic heterocycles. The summed E-state index contributed by atoms with van der Waals surface area (Å²) in [6.45, 7) is 4.00. The monoisotopic (exact) mass is 362 g/mol. The van der Waals surface area contributed by atoms with Gasteiger partial charge in [-0.25, -0.2) is 17.2 Å². The molecule has 2 rings (SSSR count). The van der Waals surface area contributed by atoms with E-state index in [1.54, 1.807) is 6.92 Å². The number of carbonyl (C=O) groups is 1. The van der Waals surface area contributed by atoms with Crippen molar-refractivity contribution < 1.29 is 26.7 Å². The number of carbonyl (C=O) groups excluding carboxylic acids is 1. The summed E-state index contributed by atoms with van der Waals surface area (Å²) in [5, 5.41) is 2.22. The second kappa shape index (κ2) is 7.54. The molecule has 1 unspecified atom stereocenters. The second-order valence-electron chi connectivity index (χ2n) is 5.64. The normalized spacial score (nSPS) is 18.1. The Hall–Kier alpha value is -1.58. The van der Waals surface area contributed by atoms with Crippen molar-refractivity contribution >= 4 is 21.6 Å². The molecule has 24 heavy (non-hydrogen) atoms. The van der Waals surface area contributed by atoms with Crippen LogP contribution < -0.4 is 5.32 Å². The van der Waals surface area contributed by atoms with E-state index in [1.807, 2.05) is 0 Å². The number of benzene rings is 1. The molecule has 0 aromatic heterocycles. The summed E-state index contributed by atoms with van der Waals surface area (Å²) in [7, 11) is -4.33. The van der Waals surface area contributed by atoms with Gasteiger partial charge in [0.25, 0.3) is 0 Å². The Morgan fingerprint density at radius 1 is 1.38 bits per heavy atom. The maximum absolute atomic E-state index is 14.2. The number of anilines is 1. The fourth-order valence-electron chi connectivity index (χ4n) is 2.62. The molecule has 1 amide bonds. The van der Waals surface area contributed by atoms with Crippen LogP contribution in [0.3, 0.4) is 0 Å². The van der Waals surface area contributed by atoms with Gasteiger partial charge in [-0.1, -0.05) is 6.92 Å². The number of hydrogen-bond donors (Lipinski definition) is 1. The number of nitrogens with zero attached hydrogens (tertiary/aromatic N) is 1. The minimum Gasteiger partial charge on any atom is -0.381 e. The lowest BCUT2D eigenvalue weighted by Crippen LogP contribution is -2.36. The smallest absolute Gasteiger partial charge is 0.248 e. The SMILES string of the molecule is CCN(CC1CCOC1)S(=O)(=O)c1c(F)cc(NC(C)=O)cc1F. The molecule has 1 aromatic rings. The summed E-state index contributed by atoms with van der Waals surface area (Å²) in [5.41, 5.74) is -0.135. The zero-order valence-corrected chi connectivity index (χ0v) is 14.3. The Morgan fingerprint density at radius 3 is 2.46 bits per heavy atom. The summed E-state index contributed by atoms with van der Waals surface area (Å²) >= 11 is 0. The van der Waals surface area contributed by atoms with E-state index in [1.165, 1.54) is 6.92 Å². The molecule has 0 radical (unpaired) electrons. The molecule has 9 heteroatoms. The summed E-state index contributed by atoms with van der Waals surface area (Å²) in [6, 6.07) is 1.59. The third-order valence-electron chi connectivity index (χ3n) is 3.76. The Morgan fingerprint density at radius 2 is 2.00 bits per heavy atom. The van der Waals surface area contributed by atoms with Crippen molar-refractivity contribution in [2.24, 2.45) is 5.92 Å². The zero-order chi connectivity index (χ0) is 17.9. The lowest BCUT2D eigenvalue weighted by atomic mass is 10.1. The van der Waals surface area contributed by atoms with E-state index in [-0.39, 0.29) is 24.7 Å². The van der Waals surface area contributed by atoms with Gasteiger partial charge in [0.05, 0.1) is 6.61 Å². The van der Waals surface area contributed by atoms with E-state index in [4.69, 9.17) is 4.74 Å². The minimum atomic E-state index is -4.33. The number of amides is 1. The van der Waals surface area contributed by atoms with E-state index in [9.17, 15) is 22.0 Å². The van der Waals surface area contributed by atoms with Crippen molar-refractivity contribution in [2.45, 2.75) is 25.2 Å². The highest BCUT2D eigenvalue weighted by molar-refractivity contribution is 7.89. The molecule has 1 N–H and O–H groups in total. The zero-order valence-electron chi connectivity index (χ0n) is 13.5. The number of nitrogens with one attached hydrogen (secondary N) is 1. The highest BCUT2D eigenvalue weighted by Crippen LogP contribution is 2.27. The highest BCUT2D eigenvalue weighted by atomic mass is 32.2. The molecular formula is C15H20F2N2O4S. The van der Waals surface area contributed by atoms with Gasteiger partial charge in [-0.15, -0.1) is 0 Å². The fourth-order valence-corrected chi connectivity index (χ4v) is 4.24. The van der Waals surface area contributed by atoms with Crippen LogP contribution in [0.1, 0.15) is 20.3 Å². The van der Waals surface area contributed by atoms with Crippen molar-refractivity contribution in [3.8, 4) is 0 Å². The molecule has 0 aliphatic carbocycles. The Balaban J connectivity index is 2.34. The van der Waals surface area contributed by atoms with Crippen molar-refractivity contribution in [1.82, 2.24) is 4.31 Å². The highest BCUT2D eigenvalue weighted by Gasteiger charge is 2.32. The fraction of sp³-hybridized carbons (Fsp3) is 0.533. The standard InChI is InChI=1S/C15H20F2N2O4S/c1-3-19(8-11-4-5-23-9-11)24(21,22)15-13(16)6-12(7-14(15)17)18-10(2)20/h6-7,11H,3-5,8-9H2,1-2H3,(H,18,20). The van der Waals surface area contributed by atoms with Gasteiger partial charge in [0.2, 0.25) is 15.9 Å². The van der Waals surface area contributed by atoms with Gasteiger partial charge < -0.3 is 10.1 Å². The van der Waals surface area contributed by atoms with Crippen LogP contribution in [-0.4, -0.2) is 44.9 Å². The van der Waals surface area contributed by atoms with Gasteiger partial charge in [-0.05, 0) is 24.5 Å². The van der Waals surface area contributed by atoms with Gasteiger partial charge in [0.1, 0.15) is 11.6 Å². The van der Waals surface area contributed by atoms with Gasteiger partial charge >= 0.3 is 0 Å². The molecule has 1 saturated heterocycles. The molecule has 1 heterocycles. The predicted octanol–water partition coefficient (Wildman–Crippen LogP) is 1.97. The maximum Gasteiger partial charge on any atom is 0.248 e. The average molecular weight is 362 g/mol. The van der Waals surface area contributed by atoms with Crippen LogP contribution in [0, 0.1) is 17.6 Å². The summed E-state index contributed by atoms with van der Waals surface area (Å²) in [6.07, 6.45) is 0.707. The van der Waals surface area contributed by atoms with E-state index < -0.39 is 32.5 Å². The molecule has 1 fully saturated rings. The van der Waals surface area contributed by atoms with Crippen LogP contribution in [0.4, 0.5) is 14.5 Å². The number of sulfonamides is 1. The van der Waals surface area contributed by atoms with E-state index in [2.05, 4.69) is 5.32 Å². The van der Waals surface area contributed by atoms with Gasteiger partial charge in [-0.2, -0.15) is 4.31 Å². The van der Waals surface area contributed by atoms with Crippen LogP contribution in [0.2, 0.25) is 0 Å². The lowest BCUT2D eigenvalue weighted by molar-refractivity contribution is -0.114. The van der Waals surface area contributed by atoms with Crippen LogP contribution in [0.15, 0.2) is 17.0 Å². The van der Waals surface area contributed by atoms with Crippen LogP contribution >= 0.6 is 0 Å². The summed E-state index contributed by atoms with van der Waals surface area (Å²) in [4.78, 5) is 9.97. The number of halogens is 2. The molecule has 134 valence electrons. The Labute approximate surface area is 139 Å². The number of ether oxygens (including phenoxy) is 1. The molecule has 1 aliphatic rings. The first-order valence-corrected chi connectivity index (χ1v) is 9.04. The molecule has 6 nitrogen and oxygen atoms in total. The second-order valence-corrected chi connectivity index (χ2v) is 7.51. The van der Waals surface area contributed by atoms with Crippen molar-refractivity contribution in [2.75, 3.05) is 31.6 Å². The molecule has 1 atom stereocenters. The lowest BCUT2D eigenvalue weighted by Gasteiger charge is -2.23. The Kier molecular flexibility index (Phi) is 5.89. The van der Waals surface area contributed by atoms with E-state index >= 15 is 0 Å². The first kappa shape index (κ1) is 18.8. The largest absolute Gasteiger partial charge is 0.381 e. The van der Waals surface area contributed by atoms with Crippen LogP contribution in [0.5, 0.6) is 0 Å². The minimum absolute atomic E-state index is 0.00417. The molecule has 0 saturated carbocycles. The Bertz CT molecular complexity index is 695. The maximum atomic E-state index is 14.2. The molecule has 0 spiro atoms. The first-order valence-electron chi connectivity index (χ1n) is 7.60. The summed E-state index contributed by atoms with van der Waals surface area (Å²) < 4.78 is 60.0. The first-order chi connectivity index (χ1) is 11.3.